The molecule has 1 aromatic carbocycles. The van der Waals surface area contributed by atoms with Gasteiger partial charge in [0.25, 0.3) is 5.56 Å². The molecular formula is C21H22ClN3O4S. The topological polar surface area (TPSA) is 77.6 Å². The number of rotatable bonds is 5. The maximum atomic E-state index is 13.1. The first-order chi connectivity index (χ1) is 14.4. The van der Waals surface area contributed by atoms with E-state index in [1.54, 1.807) is 41.5 Å². The lowest BCUT2D eigenvalue weighted by atomic mass is 10.2. The Balaban J connectivity index is 1.63. The van der Waals surface area contributed by atoms with Gasteiger partial charge in [0.1, 0.15) is 5.76 Å². The van der Waals surface area contributed by atoms with E-state index < -0.39 is 0 Å². The molecule has 4 rings (SSSR count). The number of ether oxygens (including phenoxy) is 1. The second-order valence-corrected chi connectivity index (χ2v) is 8.75. The monoisotopic (exact) mass is 447 g/mol. The van der Waals surface area contributed by atoms with E-state index >= 15 is 0 Å². The van der Waals surface area contributed by atoms with Crippen molar-refractivity contribution in [3.63, 3.8) is 0 Å². The van der Waals surface area contributed by atoms with Gasteiger partial charge >= 0.3 is 0 Å². The Kier molecular flexibility index (Phi) is 6.17. The number of amides is 1. The number of fused-ring (bicyclic) bond motifs is 1. The minimum Gasteiger partial charge on any atom is -0.467 e. The second kappa shape index (κ2) is 8.83. The van der Waals surface area contributed by atoms with Crippen molar-refractivity contribution in [3.8, 4) is 0 Å². The maximum Gasteiger partial charge on any atom is 0.262 e. The minimum atomic E-state index is -0.198. The molecule has 1 aliphatic rings. The molecule has 1 amide bonds. The first-order valence-electron chi connectivity index (χ1n) is 9.69. The molecule has 0 aliphatic carbocycles. The Morgan fingerprint density at radius 3 is 2.73 bits per heavy atom. The number of hydrogen-bond donors (Lipinski definition) is 0. The van der Waals surface area contributed by atoms with Gasteiger partial charge in [-0.2, -0.15) is 0 Å². The van der Waals surface area contributed by atoms with Gasteiger partial charge in [0.05, 0.1) is 41.7 Å². The highest BCUT2D eigenvalue weighted by atomic mass is 35.5. The van der Waals surface area contributed by atoms with Crippen molar-refractivity contribution in [2.75, 3.05) is 18.8 Å². The van der Waals surface area contributed by atoms with Crippen LogP contribution in [0.5, 0.6) is 0 Å². The van der Waals surface area contributed by atoms with Crippen LogP contribution in [0.25, 0.3) is 10.9 Å². The number of thioether (sulfide) groups is 1. The van der Waals surface area contributed by atoms with E-state index in [0.717, 1.165) is 0 Å². The van der Waals surface area contributed by atoms with Gasteiger partial charge in [-0.05, 0) is 44.2 Å². The highest BCUT2D eigenvalue weighted by Gasteiger charge is 2.26. The van der Waals surface area contributed by atoms with Crippen LogP contribution < -0.4 is 5.56 Å². The van der Waals surface area contributed by atoms with E-state index in [0.29, 0.717) is 39.9 Å². The van der Waals surface area contributed by atoms with Crippen LogP contribution in [0, 0.1) is 0 Å². The Morgan fingerprint density at radius 1 is 1.27 bits per heavy atom. The highest BCUT2D eigenvalue weighted by molar-refractivity contribution is 7.99. The van der Waals surface area contributed by atoms with Crippen LogP contribution in [-0.2, 0) is 16.1 Å². The summed E-state index contributed by atoms with van der Waals surface area (Å²) in [7, 11) is 0. The van der Waals surface area contributed by atoms with E-state index in [1.165, 1.54) is 16.3 Å². The van der Waals surface area contributed by atoms with Gasteiger partial charge < -0.3 is 14.1 Å². The molecule has 1 fully saturated rings. The predicted octanol–water partition coefficient (Wildman–Crippen LogP) is 3.42. The zero-order chi connectivity index (χ0) is 21.3. The normalized spacial score (nSPS) is 19.4. The lowest BCUT2D eigenvalue weighted by molar-refractivity contribution is -0.140. The molecule has 3 heterocycles. The first-order valence-corrected chi connectivity index (χ1v) is 11.1. The SMILES string of the molecule is CC1CN(C(=O)CSc2nc3cc(Cl)ccc3c(=O)n2Cc2ccco2)CC(C)O1. The summed E-state index contributed by atoms with van der Waals surface area (Å²) >= 11 is 7.33. The summed E-state index contributed by atoms with van der Waals surface area (Å²) in [6, 6.07) is 8.57. The largest absolute Gasteiger partial charge is 0.467 e. The molecule has 0 bridgehead atoms. The van der Waals surface area contributed by atoms with Crippen LogP contribution in [0.4, 0.5) is 0 Å². The molecule has 2 unspecified atom stereocenters. The third kappa shape index (κ3) is 4.55. The lowest BCUT2D eigenvalue weighted by Crippen LogP contribution is -2.48. The van der Waals surface area contributed by atoms with Crippen molar-refractivity contribution in [2.24, 2.45) is 0 Å². The average Bonchev–Trinajstić information content (AvgIpc) is 3.21. The van der Waals surface area contributed by atoms with E-state index in [-0.39, 0.29) is 36.0 Å². The molecule has 1 saturated heterocycles. The summed E-state index contributed by atoms with van der Waals surface area (Å²) in [6.45, 7) is 5.27. The maximum absolute atomic E-state index is 13.1. The van der Waals surface area contributed by atoms with E-state index in [1.807, 2.05) is 13.8 Å². The van der Waals surface area contributed by atoms with Crippen molar-refractivity contribution in [2.45, 2.75) is 37.8 Å². The summed E-state index contributed by atoms with van der Waals surface area (Å²) in [6.07, 6.45) is 1.56. The predicted molar refractivity (Wildman–Crippen MR) is 116 cm³/mol. The van der Waals surface area contributed by atoms with Gasteiger partial charge in [-0.15, -0.1) is 0 Å². The molecule has 0 N–H and O–H groups in total. The number of hydrogen-bond acceptors (Lipinski definition) is 6. The van der Waals surface area contributed by atoms with Crippen molar-refractivity contribution in [1.29, 1.82) is 0 Å². The fourth-order valence-electron chi connectivity index (χ4n) is 3.58. The number of benzene rings is 1. The van der Waals surface area contributed by atoms with Crippen LogP contribution in [0.3, 0.4) is 0 Å². The molecule has 2 atom stereocenters. The van der Waals surface area contributed by atoms with Gasteiger partial charge in [0.15, 0.2) is 5.16 Å². The number of carbonyl (C=O) groups is 1. The fourth-order valence-corrected chi connectivity index (χ4v) is 4.65. The van der Waals surface area contributed by atoms with Crippen molar-refractivity contribution < 1.29 is 13.9 Å². The zero-order valence-electron chi connectivity index (χ0n) is 16.7. The second-order valence-electron chi connectivity index (χ2n) is 7.37. The molecule has 9 heteroatoms. The van der Waals surface area contributed by atoms with Crippen LogP contribution in [-0.4, -0.2) is 51.4 Å². The summed E-state index contributed by atoms with van der Waals surface area (Å²) in [5.74, 6) is 0.805. The van der Waals surface area contributed by atoms with Gasteiger partial charge in [0.2, 0.25) is 5.91 Å². The van der Waals surface area contributed by atoms with E-state index in [4.69, 9.17) is 20.8 Å². The average molecular weight is 448 g/mol. The number of nitrogens with zero attached hydrogens (tertiary/aromatic N) is 3. The summed E-state index contributed by atoms with van der Waals surface area (Å²) in [5.41, 5.74) is 0.309. The summed E-state index contributed by atoms with van der Waals surface area (Å²) in [5, 5.41) is 1.42. The van der Waals surface area contributed by atoms with Crippen LogP contribution in [0.2, 0.25) is 5.02 Å². The van der Waals surface area contributed by atoms with Gasteiger partial charge in [-0.25, -0.2) is 4.98 Å². The molecular weight excluding hydrogens is 426 g/mol. The van der Waals surface area contributed by atoms with Gasteiger partial charge in [0, 0.05) is 18.1 Å². The quantitative estimate of drug-likeness (QED) is 0.440. The van der Waals surface area contributed by atoms with E-state index in [2.05, 4.69) is 4.98 Å². The van der Waals surface area contributed by atoms with Crippen molar-refractivity contribution in [3.05, 3.63) is 57.7 Å². The Morgan fingerprint density at radius 2 is 2.03 bits per heavy atom. The third-order valence-corrected chi connectivity index (χ3v) is 6.07. The smallest absolute Gasteiger partial charge is 0.262 e. The Bertz CT molecular complexity index is 1110. The molecule has 158 valence electrons. The van der Waals surface area contributed by atoms with Crippen molar-refractivity contribution in [1.82, 2.24) is 14.5 Å². The first kappa shape index (κ1) is 21.0. The number of aromatic nitrogens is 2. The Labute approximate surface area is 183 Å². The number of furan rings is 1. The standard InChI is InChI=1S/C21H22ClN3O4S/c1-13-9-24(10-14(2)29-13)19(26)12-30-21-23-18-8-15(22)5-6-17(18)20(27)25(21)11-16-4-3-7-28-16/h3-8,13-14H,9-12H2,1-2H3. The minimum absolute atomic E-state index is 0.000712. The fraction of sp³-hybridized carbons (Fsp3) is 0.381. The van der Waals surface area contributed by atoms with Gasteiger partial charge in [-0.3, -0.25) is 14.2 Å². The number of halogens is 1. The summed E-state index contributed by atoms with van der Waals surface area (Å²) < 4.78 is 12.7. The van der Waals surface area contributed by atoms with Crippen LogP contribution in [0.15, 0.2) is 51.0 Å². The molecule has 30 heavy (non-hydrogen) atoms. The number of morpholine rings is 1. The molecule has 0 saturated carbocycles. The van der Waals surface area contributed by atoms with Crippen LogP contribution in [0.1, 0.15) is 19.6 Å². The molecule has 0 spiro atoms. The highest BCUT2D eigenvalue weighted by Crippen LogP contribution is 2.22. The van der Waals surface area contributed by atoms with Crippen LogP contribution >= 0.6 is 23.4 Å². The molecule has 1 aliphatic heterocycles. The molecule has 0 radical (unpaired) electrons. The van der Waals surface area contributed by atoms with Gasteiger partial charge in [-0.1, -0.05) is 23.4 Å². The zero-order valence-corrected chi connectivity index (χ0v) is 18.3. The summed E-state index contributed by atoms with van der Waals surface area (Å²) in [4.78, 5) is 32.4. The molecule has 2 aromatic heterocycles. The van der Waals surface area contributed by atoms with E-state index in [9.17, 15) is 9.59 Å². The Hall–Kier alpha value is -2.29. The molecule has 3 aromatic rings. The third-order valence-electron chi connectivity index (χ3n) is 4.87. The molecule has 7 nitrogen and oxygen atoms in total. The number of carbonyl (C=O) groups excluding carboxylic acids is 1. The lowest BCUT2D eigenvalue weighted by Gasteiger charge is -2.35. The van der Waals surface area contributed by atoms with Crippen molar-refractivity contribution >= 4 is 40.2 Å².